The molecule has 2 nitrogen and oxygen atoms in total. The zero-order valence-electron chi connectivity index (χ0n) is 13.9. The lowest BCUT2D eigenvalue weighted by atomic mass is 9.94. The Labute approximate surface area is 148 Å². The van der Waals surface area contributed by atoms with E-state index in [1.165, 1.54) is 6.26 Å². The van der Waals surface area contributed by atoms with Crippen LogP contribution in [0.15, 0.2) is 84.9 Å². The standard InChI is InChI=1S/C22H18O2S/c1-25(23,24)22-19-15-9-8-14-18(19)20(16-10-4-2-5-11-16)21(22)17-12-6-3-7-13-17/h2-15,22H,1H3. The lowest BCUT2D eigenvalue weighted by Gasteiger charge is -2.16. The van der Waals surface area contributed by atoms with Crippen molar-refractivity contribution in [3.8, 4) is 0 Å². The van der Waals surface area contributed by atoms with E-state index in [0.717, 1.165) is 33.4 Å². The summed E-state index contributed by atoms with van der Waals surface area (Å²) in [6, 6.07) is 27.7. The molecule has 1 aliphatic carbocycles. The van der Waals surface area contributed by atoms with Gasteiger partial charge in [0.2, 0.25) is 0 Å². The molecule has 0 amide bonds. The van der Waals surface area contributed by atoms with Crippen LogP contribution in [0.4, 0.5) is 0 Å². The molecule has 0 saturated heterocycles. The molecule has 3 aromatic carbocycles. The second kappa shape index (κ2) is 6.01. The van der Waals surface area contributed by atoms with Gasteiger partial charge in [0.25, 0.3) is 0 Å². The van der Waals surface area contributed by atoms with E-state index in [1.807, 2.05) is 84.9 Å². The van der Waals surface area contributed by atoms with E-state index in [2.05, 4.69) is 0 Å². The van der Waals surface area contributed by atoms with Crippen molar-refractivity contribution in [3.63, 3.8) is 0 Å². The minimum Gasteiger partial charge on any atom is -0.228 e. The topological polar surface area (TPSA) is 34.1 Å². The molecule has 0 bridgehead atoms. The summed E-state index contributed by atoms with van der Waals surface area (Å²) in [7, 11) is -3.31. The third kappa shape index (κ3) is 2.71. The van der Waals surface area contributed by atoms with Gasteiger partial charge in [-0.25, -0.2) is 8.42 Å². The maximum absolute atomic E-state index is 12.7. The summed E-state index contributed by atoms with van der Waals surface area (Å²) in [5.41, 5.74) is 5.74. The summed E-state index contributed by atoms with van der Waals surface area (Å²) >= 11 is 0. The fourth-order valence-corrected chi connectivity index (χ4v) is 5.01. The zero-order chi connectivity index (χ0) is 17.4. The number of benzene rings is 3. The number of fused-ring (bicyclic) bond motifs is 1. The molecule has 0 radical (unpaired) electrons. The highest BCUT2D eigenvalue weighted by atomic mass is 32.2. The van der Waals surface area contributed by atoms with Crippen LogP contribution in [0.3, 0.4) is 0 Å². The van der Waals surface area contributed by atoms with Gasteiger partial charge in [0.05, 0.1) is 0 Å². The molecule has 0 spiro atoms. The van der Waals surface area contributed by atoms with Crippen molar-refractivity contribution >= 4 is 21.0 Å². The molecule has 0 N–H and O–H groups in total. The van der Waals surface area contributed by atoms with Crippen LogP contribution in [-0.2, 0) is 9.84 Å². The number of hydrogen-bond donors (Lipinski definition) is 0. The van der Waals surface area contributed by atoms with Gasteiger partial charge in [0.15, 0.2) is 9.84 Å². The van der Waals surface area contributed by atoms with Crippen molar-refractivity contribution in [1.29, 1.82) is 0 Å². The molecule has 3 heteroatoms. The Morgan fingerprint density at radius 2 is 1.20 bits per heavy atom. The Bertz CT molecular complexity index is 1050. The molecule has 0 saturated carbocycles. The lowest BCUT2D eigenvalue weighted by molar-refractivity contribution is 0.597. The maximum atomic E-state index is 12.7. The van der Waals surface area contributed by atoms with Crippen molar-refractivity contribution < 1.29 is 8.42 Å². The van der Waals surface area contributed by atoms with E-state index in [0.29, 0.717) is 0 Å². The van der Waals surface area contributed by atoms with Gasteiger partial charge in [-0.2, -0.15) is 0 Å². The Hall–Kier alpha value is -2.65. The summed E-state index contributed by atoms with van der Waals surface area (Å²) in [5, 5.41) is -0.638. The van der Waals surface area contributed by atoms with Crippen LogP contribution in [0.2, 0.25) is 0 Å². The van der Waals surface area contributed by atoms with Gasteiger partial charge in [0.1, 0.15) is 5.25 Å². The van der Waals surface area contributed by atoms with Crippen molar-refractivity contribution in [2.75, 3.05) is 6.26 Å². The molecule has 0 aliphatic heterocycles. The normalized spacial score (nSPS) is 16.8. The number of hydrogen-bond acceptors (Lipinski definition) is 2. The molecule has 0 aromatic heterocycles. The van der Waals surface area contributed by atoms with Gasteiger partial charge in [-0.3, -0.25) is 0 Å². The molecule has 0 heterocycles. The Balaban J connectivity index is 2.11. The molecule has 3 aromatic rings. The minimum absolute atomic E-state index is 0.638. The van der Waals surface area contributed by atoms with Gasteiger partial charge in [-0.05, 0) is 33.4 Å². The van der Waals surface area contributed by atoms with Crippen LogP contribution in [0.1, 0.15) is 27.5 Å². The van der Waals surface area contributed by atoms with Gasteiger partial charge < -0.3 is 0 Å². The number of rotatable bonds is 3. The van der Waals surface area contributed by atoms with Crippen LogP contribution in [0.5, 0.6) is 0 Å². The van der Waals surface area contributed by atoms with Crippen molar-refractivity contribution in [2.24, 2.45) is 0 Å². The fraction of sp³-hybridized carbons (Fsp3) is 0.0909. The second-order valence-electron chi connectivity index (χ2n) is 6.32. The molecule has 1 unspecified atom stereocenters. The Morgan fingerprint density at radius 1 is 0.680 bits per heavy atom. The molecule has 124 valence electrons. The first-order chi connectivity index (χ1) is 12.1. The summed E-state index contributed by atoms with van der Waals surface area (Å²) < 4.78 is 25.4. The minimum atomic E-state index is -3.31. The molecule has 1 atom stereocenters. The van der Waals surface area contributed by atoms with Gasteiger partial charge >= 0.3 is 0 Å². The lowest BCUT2D eigenvalue weighted by Crippen LogP contribution is -2.11. The first-order valence-corrected chi connectivity index (χ1v) is 10.2. The molecule has 0 fully saturated rings. The average molecular weight is 346 g/mol. The maximum Gasteiger partial charge on any atom is 0.158 e. The smallest absolute Gasteiger partial charge is 0.158 e. The first-order valence-electron chi connectivity index (χ1n) is 8.20. The first kappa shape index (κ1) is 15.9. The van der Waals surface area contributed by atoms with Crippen LogP contribution < -0.4 is 0 Å². The van der Waals surface area contributed by atoms with Crippen molar-refractivity contribution in [3.05, 3.63) is 107 Å². The van der Waals surface area contributed by atoms with Crippen molar-refractivity contribution in [1.82, 2.24) is 0 Å². The van der Waals surface area contributed by atoms with Crippen LogP contribution in [0, 0.1) is 0 Å². The zero-order valence-corrected chi connectivity index (χ0v) is 14.7. The van der Waals surface area contributed by atoms with Crippen LogP contribution in [0.25, 0.3) is 11.1 Å². The highest BCUT2D eigenvalue weighted by Crippen LogP contribution is 2.51. The summed E-state index contributed by atoms with van der Waals surface area (Å²) in [5.74, 6) is 0. The average Bonchev–Trinajstić information content (AvgIpc) is 2.98. The van der Waals surface area contributed by atoms with Crippen LogP contribution in [-0.4, -0.2) is 14.7 Å². The third-order valence-corrected chi connectivity index (χ3v) is 5.97. The summed E-state index contributed by atoms with van der Waals surface area (Å²) in [4.78, 5) is 0. The second-order valence-corrected chi connectivity index (χ2v) is 8.45. The predicted molar refractivity (Wildman–Crippen MR) is 103 cm³/mol. The molecule has 4 rings (SSSR count). The van der Waals surface area contributed by atoms with E-state index in [1.54, 1.807) is 0 Å². The van der Waals surface area contributed by atoms with E-state index >= 15 is 0 Å². The van der Waals surface area contributed by atoms with Crippen LogP contribution >= 0.6 is 0 Å². The quantitative estimate of drug-likeness (QED) is 0.686. The third-order valence-electron chi connectivity index (χ3n) is 4.62. The highest BCUT2D eigenvalue weighted by Gasteiger charge is 2.38. The van der Waals surface area contributed by atoms with E-state index in [9.17, 15) is 8.42 Å². The highest BCUT2D eigenvalue weighted by molar-refractivity contribution is 7.91. The monoisotopic (exact) mass is 346 g/mol. The Morgan fingerprint density at radius 3 is 1.80 bits per heavy atom. The van der Waals surface area contributed by atoms with E-state index in [-0.39, 0.29) is 0 Å². The summed E-state index contributed by atoms with van der Waals surface area (Å²) in [6.07, 6.45) is 1.32. The van der Waals surface area contributed by atoms with Gasteiger partial charge in [-0.15, -0.1) is 0 Å². The number of sulfone groups is 1. The SMILES string of the molecule is CS(=O)(=O)C1C(c2ccccc2)=C(c2ccccc2)c2ccccc21. The predicted octanol–water partition coefficient (Wildman–Crippen LogP) is 4.75. The molecular formula is C22H18O2S. The largest absolute Gasteiger partial charge is 0.228 e. The van der Waals surface area contributed by atoms with Gasteiger partial charge in [0, 0.05) is 6.26 Å². The molecule has 1 aliphatic rings. The fourth-order valence-electron chi connectivity index (χ4n) is 3.66. The Kier molecular flexibility index (Phi) is 3.81. The van der Waals surface area contributed by atoms with E-state index in [4.69, 9.17) is 0 Å². The molecular weight excluding hydrogens is 328 g/mol. The van der Waals surface area contributed by atoms with Gasteiger partial charge in [-0.1, -0.05) is 84.9 Å². The molecule has 25 heavy (non-hydrogen) atoms. The van der Waals surface area contributed by atoms with Crippen molar-refractivity contribution in [2.45, 2.75) is 5.25 Å². The van der Waals surface area contributed by atoms with E-state index < -0.39 is 15.1 Å². The summed E-state index contributed by atoms with van der Waals surface area (Å²) in [6.45, 7) is 0.